The van der Waals surface area contributed by atoms with Gasteiger partial charge in [0.05, 0.1) is 17.8 Å². The van der Waals surface area contributed by atoms with Gasteiger partial charge in [-0.2, -0.15) is 5.10 Å². The van der Waals surface area contributed by atoms with Crippen LogP contribution in [0.3, 0.4) is 0 Å². The van der Waals surface area contributed by atoms with Crippen LogP contribution in [0, 0.1) is 13.8 Å². The Kier molecular flexibility index (Phi) is 4.65. The summed E-state index contributed by atoms with van der Waals surface area (Å²) < 4.78 is 7.28. The third-order valence-electron chi connectivity index (χ3n) is 3.87. The molecule has 20 heavy (non-hydrogen) atoms. The summed E-state index contributed by atoms with van der Waals surface area (Å²) in [4.78, 5) is 11.9. The first kappa shape index (κ1) is 14.8. The smallest absolute Gasteiger partial charge is 0.258 e. The van der Waals surface area contributed by atoms with Crippen molar-refractivity contribution in [3.8, 4) is 5.75 Å². The van der Waals surface area contributed by atoms with Gasteiger partial charge in [0.25, 0.3) is 5.91 Å². The van der Waals surface area contributed by atoms with Gasteiger partial charge in [0.2, 0.25) is 0 Å². The maximum atomic E-state index is 11.9. The molecule has 1 aliphatic carbocycles. The molecule has 1 aromatic heterocycles. The summed E-state index contributed by atoms with van der Waals surface area (Å²) in [7, 11) is 1.84. The first-order valence-corrected chi connectivity index (χ1v) is 7.09. The van der Waals surface area contributed by atoms with Gasteiger partial charge in [-0.15, -0.1) is 0 Å². The Bertz CT molecular complexity index is 484. The van der Waals surface area contributed by atoms with Crippen LogP contribution in [-0.4, -0.2) is 39.5 Å². The number of nitrogens with zero attached hydrogens (tertiary/aromatic N) is 2. The molecule has 6 heteroatoms. The number of hydrogen-bond donors (Lipinski definition) is 2. The van der Waals surface area contributed by atoms with Crippen molar-refractivity contribution < 1.29 is 14.6 Å². The highest BCUT2D eigenvalue weighted by Gasteiger charge is 2.24. The van der Waals surface area contributed by atoms with Crippen LogP contribution in [0.4, 0.5) is 0 Å². The van der Waals surface area contributed by atoms with Gasteiger partial charge in [-0.25, -0.2) is 0 Å². The van der Waals surface area contributed by atoms with Crippen molar-refractivity contribution in [2.24, 2.45) is 7.05 Å². The average Bonchev–Trinajstić information content (AvgIpc) is 2.64. The van der Waals surface area contributed by atoms with Gasteiger partial charge >= 0.3 is 0 Å². The third kappa shape index (κ3) is 3.30. The molecule has 0 aliphatic heterocycles. The molecule has 112 valence electrons. The van der Waals surface area contributed by atoms with Crippen LogP contribution < -0.4 is 10.1 Å². The molecule has 0 saturated heterocycles. The fourth-order valence-corrected chi connectivity index (χ4v) is 2.63. The molecule has 1 heterocycles. The minimum absolute atomic E-state index is 0.0450. The van der Waals surface area contributed by atoms with Crippen molar-refractivity contribution in [3.63, 3.8) is 0 Å². The number of aliphatic hydroxyl groups excluding tert-OH is 1. The maximum absolute atomic E-state index is 11.9. The molecule has 2 atom stereocenters. The Morgan fingerprint density at radius 2 is 2.15 bits per heavy atom. The zero-order chi connectivity index (χ0) is 14.7. The monoisotopic (exact) mass is 281 g/mol. The number of carbonyl (C=O) groups is 1. The van der Waals surface area contributed by atoms with Crippen LogP contribution in [-0.2, 0) is 11.8 Å². The third-order valence-corrected chi connectivity index (χ3v) is 3.87. The van der Waals surface area contributed by atoms with Crippen molar-refractivity contribution in [1.82, 2.24) is 15.1 Å². The Morgan fingerprint density at radius 3 is 2.75 bits per heavy atom. The highest BCUT2D eigenvalue weighted by molar-refractivity contribution is 5.78. The summed E-state index contributed by atoms with van der Waals surface area (Å²) in [5.41, 5.74) is 1.67. The van der Waals surface area contributed by atoms with Gasteiger partial charge < -0.3 is 15.2 Å². The van der Waals surface area contributed by atoms with Gasteiger partial charge in [0, 0.05) is 7.05 Å². The van der Waals surface area contributed by atoms with E-state index in [1.807, 2.05) is 20.9 Å². The Hall–Kier alpha value is -1.56. The number of aromatic nitrogens is 2. The molecule has 2 unspecified atom stereocenters. The van der Waals surface area contributed by atoms with Crippen LogP contribution in [0.25, 0.3) is 0 Å². The lowest BCUT2D eigenvalue weighted by Gasteiger charge is -2.28. The number of amides is 1. The molecule has 0 radical (unpaired) electrons. The van der Waals surface area contributed by atoms with E-state index < -0.39 is 6.10 Å². The quantitative estimate of drug-likeness (QED) is 0.857. The summed E-state index contributed by atoms with van der Waals surface area (Å²) in [6.45, 7) is 3.71. The van der Waals surface area contributed by atoms with E-state index in [0.717, 1.165) is 37.1 Å². The topological polar surface area (TPSA) is 76.4 Å². The molecule has 2 rings (SSSR count). The average molecular weight is 281 g/mol. The second kappa shape index (κ2) is 6.26. The minimum atomic E-state index is -0.436. The lowest BCUT2D eigenvalue weighted by molar-refractivity contribution is -0.125. The van der Waals surface area contributed by atoms with Crippen LogP contribution in [0.5, 0.6) is 5.75 Å². The van der Waals surface area contributed by atoms with E-state index in [4.69, 9.17) is 4.74 Å². The van der Waals surface area contributed by atoms with Gasteiger partial charge in [-0.3, -0.25) is 9.48 Å². The van der Waals surface area contributed by atoms with E-state index in [1.54, 1.807) is 4.68 Å². The zero-order valence-electron chi connectivity index (χ0n) is 12.3. The minimum Gasteiger partial charge on any atom is -0.480 e. The fourth-order valence-electron chi connectivity index (χ4n) is 2.63. The molecule has 6 nitrogen and oxygen atoms in total. The molecular weight excluding hydrogens is 258 g/mol. The molecular formula is C14H23N3O3. The highest BCUT2D eigenvalue weighted by atomic mass is 16.5. The zero-order valence-corrected chi connectivity index (χ0v) is 12.3. The van der Waals surface area contributed by atoms with E-state index in [0.29, 0.717) is 5.75 Å². The highest BCUT2D eigenvalue weighted by Crippen LogP contribution is 2.21. The number of nitrogens with one attached hydrogen (secondary N) is 1. The Balaban J connectivity index is 1.86. The van der Waals surface area contributed by atoms with Crippen molar-refractivity contribution in [2.75, 3.05) is 6.61 Å². The summed E-state index contributed by atoms with van der Waals surface area (Å²) in [6.07, 6.45) is 3.22. The number of carbonyl (C=O) groups excluding carboxylic acids is 1. The predicted molar refractivity (Wildman–Crippen MR) is 74.6 cm³/mol. The van der Waals surface area contributed by atoms with Gasteiger partial charge in [0.1, 0.15) is 5.69 Å². The van der Waals surface area contributed by atoms with E-state index in [1.165, 1.54) is 0 Å². The van der Waals surface area contributed by atoms with Crippen LogP contribution >= 0.6 is 0 Å². The van der Waals surface area contributed by atoms with Gasteiger partial charge in [-0.05, 0) is 26.7 Å². The lowest BCUT2D eigenvalue weighted by Crippen LogP contribution is -2.46. The standard InChI is InChI=1S/C14H23N3O3/c1-9-14(10(2)17(3)16-9)20-8-13(19)15-11-6-4-5-7-12(11)18/h11-12,18H,4-8H2,1-3H3,(H,15,19). The lowest BCUT2D eigenvalue weighted by atomic mass is 9.92. The number of ether oxygens (including phenoxy) is 1. The molecule has 2 N–H and O–H groups in total. The second-order valence-electron chi connectivity index (χ2n) is 5.44. The van der Waals surface area contributed by atoms with Crippen LogP contribution in [0.15, 0.2) is 0 Å². The van der Waals surface area contributed by atoms with Crippen molar-refractivity contribution in [2.45, 2.75) is 51.7 Å². The first-order chi connectivity index (χ1) is 9.49. The van der Waals surface area contributed by atoms with Gasteiger partial charge in [0.15, 0.2) is 12.4 Å². The van der Waals surface area contributed by atoms with E-state index >= 15 is 0 Å². The first-order valence-electron chi connectivity index (χ1n) is 7.09. The Morgan fingerprint density at radius 1 is 1.45 bits per heavy atom. The largest absolute Gasteiger partial charge is 0.480 e. The SMILES string of the molecule is Cc1nn(C)c(C)c1OCC(=O)NC1CCCCC1O. The summed E-state index contributed by atoms with van der Waals surface area (Å²) in [6, 6.07) is -0.143. The summed E-state index contributed by atoms with van der Waals surface area (Å²) >= 11 is 0. The summed E-state index contributed by atoms with van der Waals surface area (Å²) in [5.74, 6) is 0.463. The van der Waals surface area contributed by atoms with Crippen molar-refractivity contribution in [1.29, 1.82) is 0 Å². The molecule has 0 spiro atoms. The normalized spacial score (nSPS) is 22.6. The summed E-state index contributed by atoms with van der Waals surface area (Å²) in [5, 5.41) is 16.9. The van der Waals surface area contributed by atoms with Crippen LogP contribution in [0.2, 0.25) is 0 Å². The number of aliphatic hydroxyl groups is 1. The maximum Gasteiger partial charge on any atom is 0.258 e. The molecule has 1 aliphatic rings. The van der Waals surface area contributed by atoms with E-state index in [-0.39, 0.29) is 18.6 Å². The van der Waals surface area contributed by atoms with Crippen LogP contribution in [0.1, 0.15) is 37.1 Å². The number of aryl methyl sites for hydroxylation is 2. The Labute approximate surface area is 119 Å². The second-order valence-corrected chi connectivity index (χ2v) is 5.44. The van der Waals surface area contributed by atoms with E-state index in [2.05, 4.69) is 10.4 Å². The number of hydrogen-bond acceptors (Lipinski definition) is 4. The predicted octanol–water partition coefficient (Wildman–Crippen LogP) is 0.835. The van der Waals surface area contributed by atoms with E-state index in [9.17, 15) is 9.90 Å². The number of rotatable bonds is 4. The molecule has 1 aromatic rings. The molecule has 1 saturated carbocycles. The molecule has 0 bridgehead atoms. The van der Waals surface area contributed by atoms with Crippen molar-refractivity contribution >= 4 is 5.91 Å². The van der Waals surface area contributed by atoms with Crippen molar-refractivity contribution in [3.05, 3.63) is 11.4 Å². The molecule has 1 fully saturated rings. The molecule has 1 amide bonds. The fraction of sp³-hybridized carbons (Fsp3) is 0.714. The van der Waals surface area contributed by atoms with Gasteiger partial charge in [-0.1, -0.05) is 12.8 Å². The molecule has 0 aromatic carbocycles.